The monoisotopic (exact) mass is 376 g/mol. The van der Waals surface area contributed by atoms with Crippen LogP contribution in [0.15, 0.2) is 29.2 Å². The van der Waals surface area contributed by atoms with Crippen molar-refractivity contribution in [3.05, 3.63) is 29.8 Å². The predicted molar refractivity (Wildman–Crippen MR) is 91.8 cm³/mol. The summed E-state index contributed by atoms with van der Waals surface area (Å²) in [6, 6.07) is 6.66. The molecule has 2 rings (SSSR count). The van der Waals surface area contributed by atoms with Crippen LogP contribution in [-0.4, -0.2) is 59.7 Å². The molecule has 24 heavy (non-hydrogen) atoms. The lowest BCUT2D eigenvalue weighted by molar-refractivity contribution is 0.0943. The minimum absolute atomic E-state index is 0.0104. The molecule has 0 amide bonds. The van der Waals surface area contributed by atoms with Gasteiger partial charge in [0.05, 0.1) is 17.3 Å². The molecule has 1 fully saturated rings. The molecule has 1 unspecified atom stereocenters. The number of hydrogen-bond acceptors (Lipinski definition) is 5. The number of nitrogens with zero attached hydrogens (tertiary/aromatic N) is 1. The maximum atomic E-state index is 12.3. The Balaban J connectivity index is 1.98. The second kappa shape index (κ2) is 7.92. The van der Waals surface area contributed by atoms with Crippen molar-refractivity contribution in [3.63, 3.8) is 0 Å². The van der Waals surface area contributed by atoms with Crippen LogP contribution in [-0.2, 0) is 24.8 Å². The number of rotatable bonds is 8. The highest BCUT2D eigenvalue weighted by Gasteiger charge is 2.25. The molecule has 0 bridgehead atoms. The summed E-state index contributed by atoms with van der Waals surface area (Å²) < 4.78 is 57.6. The van der Waals surface area contributed by atoms with E-state index in [9.17, 15) is 16.8 Å². The van der Waals surface area contributed by atoms with Crippen molar-refractivity contribution in [1.82, 2.24) is 9.03 Å². The molecule has 7 nitrogen and oxygen atoms in total. The summed E-state index contributed by atoms with van der Waals surface area (Å²) in [7, 11) is -7.09. The molecular formula is C15H24N2O5S2. The molecular weight excluding hydrogens is 352 g/mol. The van der Waals surface area contributed by atoms with Crippen LogP contribution in [0.5, 0.6) is 0 Å². The Kier molecular flexibility index (Phi) is 6.38. The fraction of sp³-hybridized carbons (Fsp3) is 0.600. The van der Waals surface area contributed by atoms with E-state index in [1.54, 1.807) is 25.1 Å². The molecule has 0 spiro atoms. The summed E-state index contributed by atoms with van der Waals surface area (Å²) in [4.78, 5) is 0.204. The Labute approximate surface area is 144 Å². The fourth-order valence-corrected chi connectivity index (χ4v) is 4.77. The van der Waals surface area contributed by atoms with E-state index < -0.39 is 20.0 Å². The van der Waals surface area contributed by atoms with Gasteiger partial charge in [-0.05, 0) is 31.4 Å². The average Bonchev–Trinajstić information content (AvgIpc) is 2.98. The summed E-state index contributed by atoms with van der Waals surface area (Å²) in [5.74, 6) is 0. The normalized spacial score (nSPS) is 19.0. The van der Waals surface area contributed by atoms with Gasteiger partial charge in [-0.2, -0.15) is 4.31 Å². The topological polar surface area (TPSA) is 92.8 Å². The van der Waals surface area contributed by atoms with Gasteiger partial charge in [-0.15, -0.1) is 0 Å². The zero-order valence-electron chi connectivity index (χ0n) is 13.9. The van der Waals surface area contributed by atoms with Gasteiger partial charge in [-0.1, -0.05) is 18.2 Å². The minimum atomic E-state index is -3.66. The average molecular weight is 377 g/mol. The highest BCUT2D eigenvalue weighted by Crippen LogP contribution is 2.15. The molecule has 1 N–H and O–H groups in total. The highest BCUT2D eigenvalue weighted by molar-refractivity contribution is 7.89. The van der Waals surface area contributed by atoms with Gasteiger partial charge < -0.3 is 4.74 Å². The van der Waals surface area contributed by atoms with Gasteiger partial charge in [-0.3, -0.25) is 0 Å². The number of aryl methyl sites for hydroxylation is 1. The predicted octanol–water partition coefficient (Wildman–Crippen LogP) is 0.714. The molecule has 1 atom stereocenters. The van der Waals surface area contributed by atoms with Crippen LogP contribution in [0.3, 0.4) is 0 Å². The number of benzene rings is 1. The summed E-state index contributed by atoms with van der Waals surface area (Å²) >= 11 is 0. The van der Waals surface area contributed by atoms with E-state index in [0.717, 1.165) is 19.1 Å². The molecule has 1 aromatic rings. The Hall–Kier alpha value is -1.00. The first-order valence-electron chi connectivity index (χ1n) is 7.82. The summed E-state index contributed by atoms with van der Waals surface area (Å²) in [5, 5.41) is 0. The van der Waals surface area contributed by atoms with Crippen LogP contribution >= 0.6 is 0 Å². The third-order valence-electron chi connectivity index (χ3n) is 3.94. The SMILES string of the molecule is Cc1ccccc1S(=O)(=O)NCCN(CC1CCCO1)S(C)(=O)=O. The van der Waals surface area contributed by atoms with Crippen LogP contribution in [0.25, 0.3) is 0 Å². The summed E-state index contributed by atoms with van der Waals surface area (Å²) in [5.41, 5.74) is 0.643. The third-order valence-corrected chi connectivity index (χ3v) is 6.83. The van der Waals surface area contributed by atoms with E-state index in [-0.39, 0.29) is 30.6 Å². The van der Waals surface area contributed by atoms with Crippen LogP contribution in [0.1, 0.15) is 18.4 Å². The molecule has 1 aromatic carbocycles. The fourth-order valence-electron chi connectivity index (χ4n) is 2.65. The molecule has 1 aliphatic rings. The van der Waals surface area contributed by atoms with Crippen molar-refractivity contribution in [2.45, 2.75) is 30.8 Å². The molecule has 0 saturated carbocycles. The zero-order chi connectivity index (χ0) is 17.8. The zero-order valence-corrected chi connectivity index (χ0v) is 15.6. The van der Waals surface area contributed by atoms with Crippen LogP contribution in [0.4, 0.5) is 0 Å². The molecule has 0 aliphatic carbocycles. The summed E-state index contributed by atoms with van der Waals surface area (Å²) in [6.07, 6.45) is 2.74. The standard InChI is InChI=1S/C15H24N2O5S2/c1-13-6-3-4-8-15(13)24(20,21)16-9-10-17(23(2,18)19)12-14-7-5-11-22-14/h3-4,6,8,14,16H,5,7,9-12H2,1-2H3. The molecule has 0 radical (unpaired) electrons. The van der Waals surface area contributed by atoms with E-state index in [2.05, 4.69) is 4.72 Å². The van der Waals surface area contributed by atoms with E-state index >= 15 is 0 Å². The van der Waals surface area contributed by atoms with Crippen molar-refractivity contribution in [1.29, 1.82) is 0 Å². The largest absolute Gasteiger partial charge is 0.377 e. The molecule has 1 heterocycles. The van der Waals surface area contributed by atoms with Gasteiger partial charge in [0.15, 0.2) is 0 Å². The number of nitrogens with one attached hydrogen (secondary N) is 1. The Morgan fingerprint density at radius 2 is 1.96 bits per heavy atom. The molecule has 1 aliphatic heterocycles. The van der Waals surface area contributed by atoms with Crippen molar-refractivity contribution < 1.29 is 21.6 Å². The van der Waals surface area contributed by atoms with Gasteiger partial charge in [0.1, 0.15) is 0 Å². The number of hydrogen-bond donors (Lipinski definition) is 1. The van der Waals surface area contributed by atoms with Crippen LogP contribution in [0.2, 0.25) is 0 Å². The minimum Gasteiger partial charge on any atom is -0.377 e. The van der Waals surface area contributed by atoms with Crippen molar-refractivity contribution in [2.24, 2.45) is 0 Å². The lowest BCUT2D eigenvalue weighted by Gasteiger charge is -2.23. The molecule has 1 saturated heterocycles. The number of ether oxygens (including phenoxy) is 1. The van der Waals surface area contributed by atoms with Crippen LogP contribution in [0, 0.1) is 6.92 Å². The van der Waals surface area contributed by atoms with Gasteiger partial charge >= 0.3 is 0 Å². The van der Waals surface area contributed by atoms with Gasteiger partial charge in [0.2, 0.25) is 20.0 Å². The van der Waals surface area contributed by atoms with E-state index in [4.69, 9.17) is 4.74 Å². The highest BCUT2D eigenvalue weighted by atomic mass is 32.2. The quantitative estimate of drug-likeness (QED) is 0.721. The molecule has 0 aromatic heterocycles. The summed E-state index contributed by atoms with van der Waals surface area (Å²) in [6.45, 7) is 2.70. The van der Waals surface area contributed by atoms with Crippen LogP contribution < -0.4 is 4.72 Å². The molecule has 9 heteroatoms. The Bertz CT molecular complexity index is 756. The second-order valence-electron chi connectivity index (χ2n) is 5.92. The third kappa shape index (κ3) is 5.25. The van der Waals surface area contributed by atoms with E-state index in [1.807, 2.05) is 0 Å². The van der Waals surface area contributed by atoms with Crippen molar-refractivity contribution in [3.8, 4) is 0 Å². The first-order valence-corrected chi connectivity index (χ1v) is 11.2. The molecule has 136 valence electrons. The van der Waals surface area contributed by atoms with Crippen molar-refractivity contribution in [2.75, 3.05) is 32.5 Å². The Morgan fingerprint density at radius 3 is 2.54 bits per heavy atom. The maximum absolute atomic E-state index is 12.3. The first-order chi connectivity index (χ1) is 11.2. The van der Waals surface area contributed by atoms with Gasteiger partial charge in [0.25, 0.3) is 0 Å². The maximum Gasteiger partial charge on any atom is 0.240 e. The lowest BCUT2D eigenvalue weighted by atomic mass is 10.2. The second-order valence-corrected chi connectivity index (χ2v) is 9.64. The van der Waals surface area contributed by atoms with E-state index in [0.29, 0.717) is 12.2 Å². The van der Waals surface area contributed by atoms with E-state index in [1.165, 1.54) is 10.4 Å². The van der Waals surface area contributed by atoms with Crippen molar-refractivity contribution >= 4 is 20.0 Å². The van der Waals surface area contributed by atoms with Gasteiger partial charge in [-0.25, -0.2) is 21.6 Å². The lowest BCUT2D eigenvalue weighted by Crippen LogP contribution is -2.41. The number of sulfonamides is 2. The first kappa shape index (κ1) is 19.3. The smallest absolute Gasteiger partial charge is 0.240 e. The van der Waals surface area contributed by atoms with Gasteiger partial charge in [0, 0.05) is 26.2 Å². The Morgan fingerprint density at radius 1 is 1.25 bits per heavy atom.